The number of halogens is 1. The maximum absolute atomic E-state index is 13.2. The van der Waals surface area contributed by atoms with Gasteiger partial charge < -0.3 is 5.11 Å². The first-order chi connectivity index (χ1) is 11.0. The molecule has 0 saturated heterocycles. The van der Waals surface area contributed by atoms with Crippen molar-refractivity contribution in [1.82, 2.24) is 0 Å². The fourth-order valence-corrected chi connectivity index (χ4v) is 4.85. The summed E-state index contributed by atoms with van der Waals surface area (Å²) >= 11 is 3.36. The van der Waals surface area contributed by atoms with E-state index in [1.807, 2.05) is 27.7 Å². The fourth-order valence-electron chi connectivity index (χ4n) is 2.51. The van der Waals surface area contributed by atoms with Crippen LogP contribution < -0.4 is 0 Å². The number of hydrogen-bond acceptors (Lipinski definition) is 3. The molecular weight excluding hydrogens is 388 g/mol. The molecule has 0 aliphatic rings. The topological polar surface area (TPSA) is 54.4 Å². The van der Waals surface area contributed by atoms with Crippen LogP contribution in [0.4, 0.5) is 0 Å². The molecule has 0 aliphatic carbocycles. The zero-order chi connectivity index (χ0) is 18.1. The molecule has 2 aromatic rings. The highest BCUT2D eigenvalue weighted by atomic mass is 79.9. The number of sulfone groups is 1. The molecule has 0 aliphatic heterocycles. The summed E-state index contributed by atoms with van der Waals surface area (Å²) in [4.78, 5) is 0.226. The number of benzene rings is 2. The molecule has 5 heteroatoms. The third-order valence-electron chi connectivity index (χ3n) is 4.06. The van der Waals surface area contributed by atoms with Gasteiger partial charge in [0.15, 0.2) is 9.84 Å². The van der Waals surface area contributed by atoms with Crippen molar-refractivity contribution in [2.24, 2.45) is 5.41 Å². The van der Waals surface area contributed by atoms with E-state index in [-0.39, 0.29) is 4.90 Å². The monoisotopic (exact) mass is 410 g/mol. The van der Waals surface area contributed by atoms with Gasteiger partial charge in [0.1, 0.15) is 5.25 Å². The minimum absolute atomic E-state index is 0.226. The molecule has 0 bridgehead atoms. The Morgan fingerprint density at radius 1 is 0.958 bits per heavy atom. The molecule has 1 N–H and O–H groups in total. The Kier molecular flexibility index (Phi) is 5.57. The van der Waals surface area contributed by atoms with Crippen LogP contribution in [0.2, 0.25) is 0 Å². The van der Waals surface area contributed by atoms with Crippen molar-refractivity contribution in [2.45, 2.75) is 43.9 Å². The number of aliphatic hydroxyl groups excluding tert-OH is 1. The van der Waals surface area contributed by atoms with E-state index < -0.39 is 26.6 Å². The van der Waals surface area contributed by atoms with Gasteiger partial charge in [0.2, 0.25) is 0 Å². The smallest absolute Gasteiger partial charge is 0.187 e. The van der Waals surface area contributed by atoms with E-state index in [2.05, 4.69) is 15.9 Å². The Morgan fingerprint density at radius 2 is 1.46 bits per heavy atom. The molecule has 0 heterocycles. The lowest BCUT2D eigenvalue weighted by molar-refractivity contribution is 0.0585. The third kappa shape index (κ3) is 4.08. The van der Waals surface area contributed by atoms with Crippen LogP contribution in [0.15, 0.2) is 57.9 Å². The van der Waals surface area contributed by atoms with Crippen LogP contribution >= 0.6 is 15.9 Å². The molecule has 2 atom stereocenters. The highest BCUT2D eigenvalue weighted by Crippen LogP contribution is 2.39. The SMILES string of the molecule is Cc1ccc(S(=O)(=O)C(c2ccc(Br)cc2)C(O)C(C)(C)C)cc1. The minimum Gasteiger partial charge on any atom is -0.391 e. The summed E-state index contributed by atoms with van der Waals surface area (Å²) in [5.41, 5.74) is 1.00. The van der Waals surface area contributed by atoms with E-state index in [4.69, 9.17) is 0 Å². The van der Waals surface area contributed by atoms with Gasteiger partial charge in [0.05, 0.1) is 11.0 Å². The van der Waals surface area contributed by atoms with Gasteiger partial charge in [-0.05, 0) is 42.2 Å². The first-order valence-corrected chi connectivity index (χ1v) is 10.1. The zero-order valence-corrected chi connectivity index (χ0v) is 16.7. The summed E-state index contributed by atoms with van der Waals surface area (Å²) in [6, 6.07) is 13.8. The molecule has 0 saturated carbocycles. The van der Waals surface area contributed by atoms with Crippen molar-refractivity contribution in [3.63, 3.8) is 0 Å². The lowest BCUT2D eigenvalue weighted by Crippen LogP contribution is -2.36. The Hall–Kier alpha value is -1.17. The summed E-state index contributed by atoms with van der Waals surface area (Å²) in [5.74, 6) is 0. The number of rotatable bonds is 4. The summed E-state index contributed by atoms with van der Waals surface area (Å²) in [6.07, 6.45) is -1.04. The van der Waals surface area contributed by atoms with Crippen LogP contribution in [0.3, 0.4) is 0 Å². The normalized spacial score (nSPS) is 15.1. The predicted octanol–water partition coefficient (Wildman–Crippen LogP) is 4.68. The van der Waals surface area contributed by atoms with Crippen molar-refractivity contribution >= 4 is 25.8 Å². The van der Waals surface area contributed by atoms with Crippen molar-refractivity contribution in [3.05, 3.63) is 64.1 Å². The fraction of sp³-hybridized carbons (Fsp3) is 0.368. The van der Waals surface area contributed by atoms with Crippen molar-refractivity contribution in [3.8, 4) is 0 Å². The van der Waals surface area contributed by atoms with Crippen molar-refractivity contribution in [2.75, 3.05) is 0 Å². The molecule has 24 heavy (non-hydrogen) atoms. The molecular formula is C19H23BrO3S. The Morgan fingerprint density at radius 3 is 1.92 bits per heavy atom. The molecule has 0 aromatic heterocycles. The summed E-state index contributed by atoms with van der Waals surface area (Å²) in [5, 5.41) is 9.81. The van der Waals surface area contributed by atoms with Gasteiger partial charge in [0.25, 0.3) is 0 Å². The number of aliphatic hydroxyl groups is 1. The zero-order valence-electron chi connectivity index (χ0n) is 14.3. The van der Waals surface area contributed by atoms with Crippen LogP contribution in [0, 0.1) is 12.3 Å². The Balaban J connectivity index is 2.61. The number of hydrogen-bond donors (Lipinski definition) is 1. The van der Waals surface area contributed by atoms with Gasteiger partial charge in [-0.3, -0.25) is 0 Å². The summed E-state index contributed by atoms with van der Waals surface area (Å²) < 4.78 is 27.4. The van der Waals surface area contributed by atoms with Gasteiger partial charge >= 0.3 is 0 Å². The largest absolute Gasteiger partial charge is 0.391 e. The van der Waals surface area contributed by atoms with Gasteiger partial charge in [-0.1, -0.05) is 66.5 Å². The molecule has 3 nitrogen and oxygen atoms in total. The first kappa shape index (κ1) is 19.2. The lowest BCUT2D eigenvalue weighted by atomic mass is 9.85. The van der Waals surface area contributed by atoms with Gasteiger partial charge in [-0.15, -0.1) is 0 Å². The molecule has 0 spiro atoms. The number of aryl methyl sites for hydroxylation is 1. The first-order valence-electron chi connectivity index (χ1n) is 7.77. The van der Waals surface area contributed by atoms with E-state index in [1.165, 1.54) is 0 Å². The highest BCUT2D eigenvalue weighted by molar-refractivity contribution is 9.10. The molecule has 2 rings (SSSR count). The predicted molar refractivity (Wildman–Crippen MR) is 101 cm³/mol. The minimum atomic E-state index is -3.73. The summed E-state index contributed by atoms with van der Waals surface area (Å²) in [7, 11) is -3.73. The third-order valence-corrected chi connectivity index (χ3v) is 6.71. The molecule has 0 amide bonds. The molecule has 0 fully saturated rings. The molecule has 130 valence electrons. The second-order valence-electron chi connectivity index (χ2n) is 7.14. The highest BCUT2D eigenvalue weighted by Gasteiger charge is 2.40. The summed E-state index contributed by atoms with van der Waals surface area (Å²) in [6.45, 7) is 7.43. The second-order valence-corrected chi connectivity index (χ2v) is 10.1. The van der Waals surface area contributed by atoms with Crippen LogP contribution in [-0.2, 0) is 9.84 Å². The van der Waals surface area contributed by atoms with E-state index in [0.29, 0.717) is 5.56 Å². The van der Waals surface area contributed by atoms with Gasteiger partial charge in [-0.25, -0.2) is 8.42 Å². The average Bonchev–Trinajstić information content (AvgIpc) is 2.48. The van der Waals surface area contributed by atoms with E-state index >= 15 is 0 Å². The van der Waals surface area contributed by atoms with E-state index in [9.17, 15) is 13.5 Å². The molecule has 0 radical (unpaired) electrons. The molecule has 2 unspecified atom stereocenters. The molecule has 2 aromatic carbocycles. The van der Waals surface area contributed by atoms with Crippen LogP contribution in [0.25, 0.3) is 0 Å². The van der Waals surface area contributed by atoms with Gasteiger partial charge in [-0.2, -0.15) is 0 Å². The second kappa shape index (κ2) is 6.98. The quantitative estimate of drug-likeness (QED) is 0.795. The van der Waals surface area contributed by atoms with Crippen molar-refractivity contribution < 1.29 is 13.5 Å². The average molecular weight is 411 g/mol. The van der Waals surface area contributed by atoms with Crippen LogP contribution in [0.1, 0.15) is 37.1 Å². The van der Waals surface area contributed by atoms with E-state index in [0.717, 1.165) is 10.0 Å². The lowest BCUT2D eigenvalue weighted by Gasteiger charge is -2.33. The maximum atomic E-state index is 13.2. The Labute approximate surface area is 152 Å². The van der Waals surface area contributed by atoms with Crippen LogP contribution in [-0.4, -0.2) is 19.6 Å². The van der Waals surface area contributed by atoms with Crippen molar-refractivity contribution in [1.29, 1.82) is 0 Å². The maximum Gasteiger partial charge on any atom is 0.187 e. The van der Waals surface area contributed by atoms with Crippen LogP contribution in [0.5, 0.6) is 0 Å². The van der Waals surface area contributed by atoms with Gasteiger partial charge in [0, 0.05) is 4.47 Å². The standard InChI is InChI=1S/C19H23BrO3S/c1-13-5-11-16(12-6-13)24(22,23)17(18(21)19(2,3)4)14-7-9-15(20)10-8-14/h5-12,17-18,21H,1-4H3. The Bertz CT molecular complexity index is 788. The van der Waals surface area contributed by atoms with E-state index in [1.54, 1.807) is 48.5 Å².